The number of aliphatic hydroxyl groups excluding tert-OH is 1. The summed E-state index contributed by atoms with van der Waals surface area (Å²) >= 11 is 1.56. The summed E-state index contributed by atoms with van der Waals surface area (Å²) in [5.41, 5.74) is 2.52. The highest BCUT2D eigenvalue weighted by atomic mass is 32.1. The smallest absolute Gasteiger partial charge is 0.246 e. The summed E-state index contributed by atoms with van der Waals surface area (Å²) in [5, 5.41) is 16.3. The highest BCUT2D eigenvalue weighted by molar-refractivity contribution is 7.13. The molecule has 9 heteroatoms. The average Bonchev–Trinajstić information content (AvgIpc) is 3.45. The summed E-state index contributed by atoms with van der Waals surface area (Å²) in [6, 6.07) is 5.97. The molecule has 8 nitrogen and oxygen atoms in total. The summed E-state index contributed by atoms with van der Waals surface area (Å²) in [4.78, 5) is 46.2. The van der Waals surface area contributed by atoms with Crippen molar-refractivity contribution in [3.63, 3.8) is 0 Å². The minimum Gasteiger partial charge on any atom is -0.391 e. The van der Waals surface area contributed by atoms with E-state index < -0.39 is 29.0 Å². The second kappa shape index (κ2) is 10.7. The summed E-state index contributed by atoms with van der Waals surface area (Å²) in [6.07, 6.45) is 1.16. The van der Waals surface area contributed by atoms with Crippen molar-refractivity contribution < 1.29 is 19.5 Å². The number of hydrogen-bond acceptors (Lipinski definition) is 6. The average molecular weight is 515 g/mol. The Morgan fingerprint density at radius 3 is 2.25 bits per heavy atom. The van der Waals surface area contributed by atoms with Crippen LogP contribution in [-0.4, -0.2) is 57.4 Å². The standard InChI is InChI=1S/C27H38N4O4S/c1-16(17-8-10-18(11-9-17)21-13-28-15-36-21)29-23(33)20-12-19(32)14-31(20)24(34)22(26(2,3)4)30-25(35)27(5,6)7/h8-11,13,15-16,19-20,22,32H,12,14H2,1-7H3,(H,29,33)(H,30,35)/t16-,19+,20-,22+/m0/s1. The van der Waals surface area contributed by atoms with Gasteiger partial charge in [-0.05, 0) is 23.5 Å². The van der Waals surface area contributed by atoms with Gasteiger partial charge in [0.2, 0.25) is 17.7 Å². The Morgan fingerprint density at radius 1 is 1.08 bits per heavy atom. The molecule has 0 spiro atoms. The molecule has 0 saturated carbocycles. The van der Waals surface area contributed by atoms with Crippen molar-refractivity contribution in [2.75, 3.05) is 6.54 Å². The fourth-order valence-electron chi connectivity index (χ4n) is 4.16. The van der Waals surface area contributed by atoms with Crippen LogP contribution in [0.4, 0.5) is 0 Å². The lowest BCUT2D eigenvalue weighted by atomic mass is 9.84. The number of nitrogens with one attached hydrogen (secondary N) is 2. The molecular weight excluding hydrogens is 476 g/mol. The van der Waals surface area contributed by atoms with Gasteiger partial charge in [0.1, 0.15) is 12.1 Å². The molecule has 3 N–H and O–H groups in total. The molecule has 1 fully saturated rings. The number of amides is 3. The maximum absolute atomic E-state index is 13.6. The van der Waals surface area contributed by atoms with E-state index in [1.54, 1.807) is 37.6 Å². The molecule has 1 aromatic carbocycles. The summed E-state index contributed by atoms with van der Waals surface area (Å²) in [6.45, 7) is 12.9. The lowest BCUT2D eigenvalue weighted by Gasteiger charge is -2.36. The third-order valence-electron chi connectivity index (χ3n) is 6.42. The number of β-amino-alcohol motifs (C(OH)–C–C–N with tert-alkyl or cyclic N) is 1. The Hall–Kier alpha value is -2.78. The van der Waals surface area contributed by atoms with E-state index in [1.165, 1.54) is 4.90 Å². The molecular formula is C27H38N4O4S. The first-order chi connectivity index (χ1) is 16.7. The minimum atomic E-state index is -0.832. The molecule has 2 aromatic rings. The number of aliphatic hydroxyl groups is 1. The van der Waals surface area contributed by atoms with E-state index >= 15 is 0 Å². The van der Waals surface area contributed by atoms with E-state index in [4.69, 9.17) is 0 Å². The van der Waals surface area contributed by atoms with Crippen molar-refractivity contribution in [3.05, 3.63) is 41.5 Å². The number of aromatic nitrogens is 1. The van der Waals surface area contributed by atoms with Crippen LogP contribution < -0.4 is 10.6 Å². The van der Waals surface area contributed by atoms with Gasteiger partial charge in [-0.15, -0.1) is 11.3 Å². The lowest BCUT2D eigenvalue weighted by Crippen LogP contribution is -2.59. The number of carbonyl (C=O) groups is 3. The number of carbonyl (C=O) groups excluding carboxylic acids is 3. The summed E-state index contributed by atoms with van der Waals surface area (Å²) < 4.78 is 0. The van der Waals surface area contributed by atoms with Crippen LogP contribution in [0.1, 0.15) is 66.5 Å². The van der Waals surface area contributed by atoms with Gasteiger partial charge in [0.25, 0.3) is 0 Å². The maximum Gasteiger partial charge on any atom is 0.246 e. The highest BCUT2D eigenvalue weighted by Crippen LogP contribution is 2.28. The molecule has 4 atom stereocenters. The number of likely N-dealkylation sites (tertiary alicyclic amines) is 1. The quantitative estimate of drug-likeness (QED) is 0.546. The Bertz CT molecular complexity index is 1070. The van der Waals surface area contributed by atoms with Crippen molar-refractivity contribution in [3.8, 4) is 10.4 Å². The lowest BCUT2D eigenvalue weighted by molar-refractivity contribution is -0.145. The van der Waals surface area contributed by atoms with Gasteiger partial charge in [-0.25, -0.2) is 0 Å². The molecule has 1 aromatic heterocycles. The zero-order chi connectivity index (χ0) is 26.8. The van der Waals surface area contributed by atoms with Crippen LogP contribution in [0.2, 0.25) is 0 Å². The monoisotopic (exact) mass is 514 g/mol. The zero-order valence-electron chi connectivity index (χ0n) is 22.2. The van der Waals surface area contributed by atoms with Gasteiger partial charge < -0.3 is 20.6 Å². The minimum absolute atomic E-state index is 0.0484. The molecule has 1 saturated heterocycles. The number of thiazole rings is 1. The number of nitrogens with zero attached hydrogens (tertiary/aromatic N) is 2. The Kier molecular flexibility index (Phi) is 8.25. The Morgan fingerprint density at radius 2 is 1.72 bits per heavy atom. The number of hydrogen-bond donors (Lipinski definition) is 3. The van der Waals surface area contributed by atoms with Crippen LogP contribution >= 0.6 is 11.3 Å². The molecule has 196 valence electrons. The van der Waals surface area contributed by atoms with Crippen LogP contribution in [-0.2, 0) is 14.4 Å². The Labute approximate surface area is 217 Å². The van der Waals surface area contributed by atoms with Gasteiger partial charge in [-0.3, -0.25) is 19.4 Å². The second-order valence-corrected chi connectivity index (χ2v) is 12.5. The largest absolute Gasteiger partial charge is 0.391 e. The van der Waals surface area contributed by atoms with Gasteiger partial charge in [0.15, 0.2) is 0 Å². The van der Waals surface area contributed by atoms with Crippen molar-refractivity contribution in [1.82, 2.24) is 20.5 Å². The van der Waals surface area contributed by atoms with Gasteiger partial charge in [0.05, 0.1) is 22.5 Å². The first kappa shape index (κ1) is 27.8. The van der Waals surface area contributed by atoms with Crippen LogP contribution in [0.25, 0.3) is 10.4 Å². The molecule has 2 heterocycles. The van der Waals surface area contributed by atoms with Crippen molar-refractivity contribution in [1.29, 1.82) is 0 Å². The predicted octanol–water partition coefficient (Wildman–Crippen LogP) is 3.53. The molecule has 0 aliphatic carbocycles. The summed E-state index contributed by atoms with van der Waals surface area (Å²) in [7, 11) is 0. The SMILES string of the molecule is C[C@H](NC(=O)[C@@H]1C[C@@H](O)CN1C(=O)[C@@H](NC(=O)C(C)(C)C)C(C)(C)C)c1ccc(-c2cncs2)cc1. The first-order valence-corrected chi connectivity index (χ1v) is 13.1. The van der Waals surface area contributed by atoms with E-state index in [9.17, 15) is 19.5 Å². The number of rotatable bonds is 6. The molecule has 0 bridgehead atoms. The van der Waals surface area contributed by atoms with E-state index in [1.807, 2.05) is 58.2 Å². The van der Waals surface area contributed by atoms with Crippen LogP contribution in [0, 0.1) is 10.8 Å². The molecule has 3 amide bonds. The zero-order valence-corrected chi connectivity index (χ0v) is 23.0. The third-order valence-corrected chi connectivity index (χ3v) is 7.24. The van der Waals surface area contributed by atoms with Gasteiger partial charge in [-0.1, -0.05) is 65.8 Å². The number of benzene rings is 1. The third kappa shape index (κ3) is 6.50. The molecule has 0 unspecified atom stereocenters. The highest BCUT2D eigenvalue weighted by Gasteiger charge is 2.45. The van der Waals surface area contributed by atoms with Crippen LogP contribution in [0.3, 0.4) is 0 Å². The van der Waals surface area contributed by atoms with E-state index in [2.05, 4.69) is 15.6 Å². The first-order valence-electron chi connectivity index (χ1n) is 12.3. The second-order valence-electron chi connectivity index (χ2n) is 11.6. The van der Waals surface area contributed by atoms with Gasteiger partial charge >= 0.3 is 0 Å². The van der Waals surface area contributed by atoms with Gasteiger partial charge in [0, 0.05) is 24.6 Å². The Balaban J connectivity index is 1.74. The predicted molar refractivity (Wildman–Crippen MR) is 141 cm³/mol. The summed E-state index contributed by atoms with van der Waals surface area (Å²) in [5.74, 6) is -0.931. The fourth-order valence-corrected chi connectivity index (χ4v) is 4.78. The van der Waals surface area contributed by atoms with E-state index in [0.29, 0.717) is 0 Å². The molecule has 1 aliphatic heterocycles. The topological polar surface area (TPSA) is 112 Å². The molecule has 1 aliphatic rings. The maximum atomic E-state index is 13.6. The van der Waals surface area contributed by atoms with Gasteiger partial charge in [-0.2, -0.15) is 0 Å². The van der Waals surface area contributed by atoms with Crippen LogP contribution in [0.15, 0.2) is 36.0 Å². The fraction of sp³-hybridized carbons (Fsp3) is 0.556. The van der Waals surface area contributed by atoms with Crippen molar-refractivity contribution in [2.24, 2.45) is 10.8 Å². The molecule has 0 radical (unpaired) electrons. The van der Waals surface area contributed by atoms with E-state index in [-0.39, 0.29) is 36.7 Å². The molecule has 36 heavy (non-hydrogen) atoms. The van der Waals surface area contributed by atoms with Crippen molar-refractivity contribution >= 4 is 29.1 Å². The normalized spacial score (nSPS) is 20.1. The van der Waals surface area contributed by atoms with Crippen LogP contribution in [0.5, 0.6) is 0 Å². The van der Waals surface area contributed by atoms with Crippen molar-refractivity contribution in [2.45, 2.75) is 79.1 Å². The molecule has 3 rings (SSSR count). The van der Waals surface area contributed by atoms with E-state index in [0.717, 1.165) is 16.0 Å².